The summed E-state index contributed by atoms with van der Waals surface area (Å²) in [6.07, 6.45) is 2.84. The maximum Gasteiger partial charge on any atom is 0.326 e. The molecule has 0 rings (SSSR count). The molecule has 0 saturated carbocycles. The van der Waals surface area contributed by atoms with Gasteiger partial charge in [0.25, 0.3) is 0 Å². The minimum atomic E-state index is -1.28. The Balaban J connectivity index is 5.17. The van der Waals surface area contributed by atoms with E-state index < -0.39 is 54.5 Å². The predicted molar refractivity (Wildman–Crippen MR) is 116 cm³/mol. The van der Waals surface area contributed by atoms with Crippen LogP contribution in [0.1, 0.15) is 40.5 Å². The second-order valence-electron chi connectivity index (χ2n) is 7.57. The molecule has 10 nitrogen and oxygen atoms in total. The van der Waals surface area contributed by atoms with E-state index in [1.54, 1.807) is 20.8 Å². The number of carboxylic acid groups (broad SMARTS) is 1. The molecule has 0 aliphatic heterocycles. The number of aliphatic carboxylic acids is 1. The van der Waals surface area contributed by atoms with E-state index >= 15 is 0 Å². The van der Waals surface area contributed by atoms with Gasteiger partial charge in [0, 0.05) is 0 Å². The first-order valence-corrected chi connectivity index (χ1v) is 11.4. The number of hydrogen-bond acceptors (Lipinski definition) is 7. The second-order valence-corrected chi connectivity index (χ2v) is 8.56. The number of aliphatic hydroxyl groups is 1. The number of carboxylic acids is 1. The van der Waals surface area contributed by atoms with Gasteiger partial charge in [0.2, 0.25) is 17.7 Å². The van der Waals surface area contributed by atoms with Crippen LogP contribution in [-0.4, -0.2) is 76.7 Å². The molecular formula is C19H36N4O6S. The minimum Gasteiger partial charge on any atom is -0.480 e. The number of thioether (sulfide) groups is 1. The first kappa shape index (κ1) is 28.1. The highest BCUT2D eigenvalue weighted by Gasteiger charge is 2.33. The quantitative estimate of drug-likeness (QED) is 0.202. The third kappa shape index (κ3) is 9.31. The van der Waals surface area contributed by atoms with Gasteiger partial charge in [0.1, 0.15) is 18.1 Å². The van der Waals surface area contributed by atoms with Crippen LogP contribution in [0.15, 0.2) is 0 Å². The van der Waals surface area contributed by atoms with Crippen molar-refractivity contribution in [3.63, 3.8) is 0 Å². The van der Waals surface area contributed by atoms with Crippen LogP contribution >= 0.6 is 11.8 Å². The lowest BCUT2D eigenvalue weighted by atomic mass is 9.97. The van der Waals surface area contributed by atoms with Crippen molar-refractivity contribution in [2.24, 2.45) is 17.6 Å². The summed E-state index contributed by atoms with van der Waals surface area (Å²) in [7, 11) is 0. The highest BCUT2D eigenvalue weighted by atomic mass is 32.2. The van der Waals surface area contributed by atoms with Gasteiger partial charge in [0.15, 0.2) is 0 Å². The third-order valence-electron chi connectivity index (χ3n) is 4.81. The Morgan fingerprint density at radius 2 is 1.53 bits per heavy atom. The number of nitrogens with one attached hydrogen (secondary N) is 3. The van der Waals surface area contributed by atoms with Crippen LogP contribution in [0.4, 0.5) is 0 Å². The first-order chi connectivity index (χ1) is 14.0. The van der Waals surface area contributed by atoms with Crippen LogP contribution in [0, 0.1) is 11.8 Å². The number of hydrogen-bond donors (Lipinski definition) is 6. The van der Waals surface area contributed by atoms with Crippen molar-refractivity contribution in [3.8, 4) is 0 Å². The van der Waals surface area contributed by atoms with E-state index in [9.17, 15) is 29.4 Å². The summed E-state index contributed by atoms with van der Waals surface area (Å²) >= 11 is 1.53. The van der Waals surface area contributed by atoms with Gasteiger partial charge in [-0.1, -0.05) is 34.1 Å². The van der Waals surface area contributed by atoms with Crippen molar-refractivity contribution < 1.29 is 29.4 Å². The molecule has 5 unspecified atom stereocenters. The summed E-state index contributed by atoms with van der Waals surface area (Å²) in [5.74, 6) is -3.14. The van der Waals surface area contributed by atoms with E-state index in [2.05, 4.69) is 16.0 Å². The van der Waals surface area contributed by atoms with Crippen molar-refractivity contribution in [1.82, 2.24) is 16.0 Å². The van der Waals surface area contributed by atoms with Crippen molar-refractivity contribution in [2.75, 3.05) is 18.6 Å². The summed E-state index contributed by atoms with van der Waals surface area (Å²) in [4.78, 5) is 48.8. The molecule has 5 atom stereocenters. The van der Waals surface area contributed by atoms with Crippen molar-refractivity contribution in [2.45, 2.75) is 64.7 Å². The zero-order valence-electron chi connectivity index (χ0n) is 18.3. The van der Waals surface area contributed by atoms with Gasteiger partial charge in [-0.3, -0.25) is 14.4 Å². The standard InChI is InChI=1S/C19H36N4O6S/c1-6-11(4)15(19(28)29)23-18(27)14(10(2)3)22-17(26)13(9-24)21-16(25)12(20)7-8-30-5/h10-15,24H,6-9,20H2,1-5H3,(H,21,25)(H,22,26)(H,23,27)(H,28,29). The van der Waals surface area contributed by atoms with E-state index in [0.717, 1.165) is 0 Å². The van der Waals surface area contributed by atoms with E-state index in [4.69, 9.17) is 5.73 Å². The van der Waals surface area contributed by atoms with Crippen LogP contribution in [0.2, 0.25) is 0 Å². The molecule has 0 aromatic heterocycles. The van der Waals surface area contributed by atoms with Crippen molar-refractivity contribution >= 4 is 35.5 Å². The van der Waals surface area contributed by atoms with E-state index in [1.807, 2.05) is 13.2 Å². The predicted octanol–water partition coefficient (Wildman–Crippen LogP) is -0.700. The lowest BCUT2D eigenvalue weighted by Gasteiger charge is -2.27. The molecular weight excluding hydrogens is 412 g/mol. The fraction of sp³-hybridized carbons (Fsp3) is 0.789. The van der Waals surface area contributed by atoms with E-state index in [1.165, 1.54) is 11.8 Å². The van der Waals surface area contributed by atoms with Gasteiger partial charge >= 0.3 is 5.97 Å². The van der Waals surface area contributed by atoms with Gasteiger partial charge in [-0.25, -0.2) is 4.79 Å². The molecule has 11 heteroatoms. The smallest absolute Gasteiger partial charge is 0.326 e. The van der Waals surface area contributed by atoms with Crippen LogP contribution in [0.5, 0.6) is 0 Å². The van der Waals surface area contributed by atoms with Gasteiger partial charge in [-0.05, 0) is 30.3 Å². The lowest BCUT2D eigenvalue weighted by molar-refractivity contribution is -0.144. The van der Waals surface area contributed by atoms with Crippen molar-refractivity contribution in [3.05, 3.63) is 0 Å². The Morgan fingerprint density at radius 1 is 0.967 bits per heavy atom. The second kappa shape index (κ2) is 14.2. The summed E-state index contributed by atoms with van der Waals surface area (Å²) < 4.78 is 0. The molecule has 0 radical (unpaired) electrons. The molecule has 0 spiro atoms. The first-order valence-electron chi connectivity index (χ1n) is 9.99. The number of amides is 3. The fourth-order valence-corrected chi connectivity index (χ4v) is 3.05. The molecule has 0 saturated heterocycles. The maximum absolute atomic E-state index is 12.7. The van der Waals surface area contributed by atoms with Crippen molar-refractivity contribution in [1.29, 1.82) is 0 Å². The van der Waals surface area contributed by atoms with E-state index in [-0.39, 0.29) is 11.8 Å². The van der Waals surface area contributed by atoms with Crippen LogP contribution < -0.4 is 21.7 Å². The Labute approximate surface area is 182 Å². The molecule has 30 heavy (non-hydrogen) atoms. The van der Waals surface area contributed by atoms with Crippen LogP contribution in [-0.2, 0) is 19.2 Å². The minimum absolute atomic E-state index is 0.304. The Kier molecular flexibility index (Phi) is 13.3. The largest absolute Gasteiger partial charge is 0.480 e. The highest BCUT2D eigenvalue weighted by Crippen LogP contribution is 2.10. The van der Waals surface area contributed by atoms with Gasteiger partial charge in [0.05, 0.1) is 12.6 Å². The zero-order valence-corrected chi connectivity index (χ0v) is 19.1. The average molecular weight is 449 g/mol. The molecule has 0 bridgehead atoms. The molecule has 0 heterocycles. The molecule has 0 aromatic carbocycles. The van der Waals surface area contributed by atoms with Crippen LogP contribution in [0.3, 0.4) is 0 Å². The third-order valence-corrected chi connectivity index (χ3v) is 5.45. The summed E-state index contributed by atoms with van der Waals surface area (Å²) in [5.41, 5.74) is 5.77. The van der Waals surface area contributed by atoms with Gasteiger partial charge in [-0.2, -0.15) is 11.8 Å². The highest BCUT2D eigenvalue weighted by molar-refractivity contribution is 7.98. The number of carbonyl (C=O) groups is 4. The normalized spacial score (nSPS) is 16.1. The zero-order chi connectivity index (χ0) is 23.4. The summed E-state index contributed by atoms with van der Waals surface area (Å²) in [5, 5.41) is 26.2. The molecule has 0 aliphatic carbocycles. The monoisotopic (exact) mass is 448 g/mol. The molecule has 7 N–H and O–H groups in total. The number of aliphatic hydroxyl groups excluding tert-OH is 1. The number of carbonyl (C=O) groups excluding carboxylic acids is 3. The number of rotatable bonds is 14. The molecule has 0 aromatic rings. The maximum atomic E-state index is 12.7. The van der Waals surface area contributed by atoms with Crippen LogP contribution in [0.25, 0.3) is 0 Å². The van der Waals surface area contributed by atoms with Gasteiger partial charge < -0.3 is 31.9 Å². The molecule has 174 valence electrons. The fourth-order valence-electron chi connectivity index (χ4n) is 2.56. The molecule has 0 aliphatic rings. The molecule has 0 fully saturated rings. The molecule has 3 amide bonds. The number of nitrogens with two attached hydrogens (primary N) is 1. The Morgan fingerprint density at radius 3 is 1.97 bits per heavy atom. The lowest BCUT2D eigenvalue weighted by Crippen LogP contribution is -2.59. The summed E-state index contributed by atoms with van der Waals surface area (Å²) in [6.45, 7) is 6.22. The van der Waals surface area contributed by atoms with E-state index in [0.29, 0.717) is 18.6 Å². The Hall–Kier alpha value is -1.85. The SMILES string of the molecule is CCC(C)C(NC(=O)C(NC(=O)C(CO)NC(=O)C(N)CCSC)C(C)C)C(=O)O. The summed E-state index contributed by atoms with van der Waals surface area (Å²) in [6, 6.07) is -4.24. The topological polar surface area (TPSA) is 171 Å². The van der Waals surface area contributed by atoms with Gasteiger partial charge in [-0.15, -0.1) is 0 Å². The average Bonchev–Trinajstić information content (AvgIpc) is 2.70. The Bertz CT molecular complexity index is 589.